The maximum atomic E-state index is 11.8. The van der Waals surface area contributed by atoms with E-state index in [1.54, 1.807) is 14.0 Å². The molecule has 0 bridgehead atoms. The first-order valence-electron chi connectivity index (χ1n) is 5.10. The molecule has 1 aromatic heterocycles. The largest absolute Gasteiger partial charge is 0.439 e. The van der Waals surface area contributed by atoms with E-state index in [-0.39, 0.29) is 30.9 Å². The number of urea groups is 1. The lowest BCUT2D eigenvalue weighted by Gasteiger charge is -2.18. The van der Waals surface area contributed by atoms with Crippen LogP contribution < -0.4 is 4.90 Å². The maximum Gasteiger partial charge on any atom is 0.329 e. The Labute approximate surface area is 96.7 Å². The lowest BCUT2D eigenvalue weighted by atomic mass is 10.5. The number of amides is 2. The zero-order valence-corrected chi connectivity index (χ0v) is 9.45. The number of rotatable bonds is 3. The summed E-state index contributed by atoms with van der Waals surface area (Å²) < 4.78 is 5.14. The van der Waals surface area contributed by atoms with Crippen molar-refractivity contribution in [3.8, 4) is 0 Å². The molecule has 17 heavy (non-hydrogen) atoms. The van der Waals surface area contributed by atoms with E-state index in [4.69, 9.17) is 4.74 Å². The Morgan fingerprint density at radius 1 is 1.65 bits per heavy atom. The Bertz CT molecular complexity index is 419. The molecule has 1 N–H and O–H groups in total. The number of H-pyrrole nitrogens is 1. The number of nitrogens with zero attached hydrogens (tertiary/aromatic N) is 5. The van der Waals surface area contributed by atoms with Crippen LogP contribution in [0, 0.1) is 0 Å². The Balaban J connectivity index is 2.19. The summed E-state index contributed by atoms with van der Waals surface area (Å²) in [6.45, 7) is 1.96. The Hall–Kier alpha value is -2.19. The molecule has 0 spiro atoms. The minimum Gasteiger partial charge on any atom is -0.439 e. The van der Waals surface area contributed by atoms with E-state index >= 15 is 0 Å². The van der Waals surface area contributed by atoms with Gasteiger partial charge >= 0.3 is 12.0 Å². The topological polar surface area (TPSA) is 104 Å². The standard InChI is InChI=1S/C8H12N6O3/c1-3-6(15)17-5-4-13(2)8(16)14(5)7-9-11-12-10-7/h5H,3-4H2,1-2H3,(H,9,10,11,12). The second-order valence-corrected chi connectivity index (χ2v) is 3.54. The van der Waals surface area contributed by atoms with Crippen LogP contribution in [0.5, 0.6) is 0 Å². The van der Waals surface area contributed by atoms with Crippen LogP contribution in [-0.4, -0.2) is 57.3 Å². The molecule has 1 aromatic rings. The summed E-state index contributed by atoms with van der Waals surface area (Å²) in [4.78, 5) is 25.7. The van der Waals surface area contributed by atoms with Gasteiger partial charge in [0.05, 0.1) is 6.54 Å². The molecule has 1 fully saturated rings. The highest BCUT2D eigenvalue weighted by molar-refractivity contribution is 5.93. The van der Waals surface area contributed by atoms with E-state index in [9.17, 15) is 9.59 Å². The van der Waals surface area contributed by atoms with Crippen molar-refractivity contribution in [2.24, 2.45) is 0 Å². The molecule has 92 valence electrons. The predicted molar refractivity (Wildman–Crippen MR) is 54.9 cm³/mol. The lowest BCUT2D eigenvalue weighted by Crippen LogP contribution is -2.38. The van der Waals surface area contributed by atoms with Crippen LogP contribution in [-0.2, 0) is 9.53 Å². The van der Waals surface area contributed by atoms with E-state index in [0.717, 1.165) is 0 Å². The van der Waals surface area contributed by atoms with Gasteiger partial charge in [-0.1, -0.05) is 12.0 Å². The van der Waals surface area contributed by atoms with Crippen molar-refractivity contribution in [3.63, 3.8) is 0 Å². The van der Waals surface area contributed by atoms with E-state index in [1.165, 1.54) is 9.80 Å². The molecule has 1 aliphatic heterocycles. The minimum atomic E-state index is -0.711. The monoisotopic (exact) mass is 240 g/mol. The third-order valence-electron chi connectivity index (χ3n) is 2.36. The molecule has 9 nitrogen and oxygen atoms in total. The number of tetrazole rings is 1. The van der Waals surface area contributed by atoms with Gasteiger partial charge in [0.1, 0.15) is 0 Å². The first-order chi connectivity index (χ1) is 8.13. The van der Waals surface area contributed by atoms with Crippen molar-refractivity contribution >= 4 is 17.9 Å². The SMILES string of the molecule is CCC(=O)OC1CN(C)C(=O)N1c1nn[nH]n1. The number of carbonyl (C=O) groups is 2. The van der Waals surface area contributed by atoms with Gasteiger partial charge in [0.15, 0.2) is 0 Å². The van der Waals surface area contributed by atoms with Crippen molar-refractivity contribution in [1.29, 1.82) is 0 Å². The fourth-order valence-electron chi connectivity index (χ4n) is 1.50. The number of carbonyl (C=O) groups excluding carboxylic acids is 2. The summed E-state index contributed by atoms with van der Waals surface area (Å²) in [6, 6.07) is -0.333. The predicted octanol–water partition coefficient (Wildman–Crippen LogP) is -0.649. The van der Waals surface area contributed by atoms with Crippen LogP contribution in [0.1, 0.15) is 13.3 Å². The number of nitrogens with one attached hydrogen (secondary N) is 1. The maximum absolute atomic E-state index is 11.8. The second kappa shape index (κ2) is 4.36. The molecule has 2 rings (SSSR count). The summed E-state index contributed by atoms with van der Waals surface area (Å²) in [6.07, 6.45) is -0.466. The average molecular weight is 240 g/mol. The number of anilines is 1. The summed E-state index contributed by atoms with van der Waals surface area (Å²) in [5.74, 6) is -0.292. The summed E-state index contributed by atoms with van der Waals surface area (Å²) in [5, 5.41) is 13.0. The lowest BCUT2D eigenvalue weighted by molar-refractivity contribution is -0.147. The molecule has 0 aliphatic carbocycles. The fourth-order valence-corrected chi connectivity index (χ4v) is 1.50. The van der Waals surface area contributed by atoms with Crippen molar-refractivity contribution in [1.82, 2.24) is 25.5 Å². The van der Waals surface area contributed by atoms with Crippen LogP contribution >= 0.6 is 0 Å². The van der Waals surface area contributed by atoms with Gasteiger partial charge in [0.25, 0.3) is 5.95 Å². The fraction of sp³-hybridized carbons (Fsp3) is 0.625. The van der Waals surface area contributed by atoms with Gasteiger partial charge in [-0.05, 0) is 5.21 Å². The van der Waals surface area contributed by atoms with Crippen molar-refractivity contribution in [3.05, 3.63) is 0 Å². The normalized spacial score (nSPS) is 19.9. The molecule has 1 saturated heterocycles. The molecule has 2 amide bonds. The zero-order chi connectivity index (χ0) is 12.4. The number of aromatic amines is 1. The van der Waals surface area contributed by atoms with Gasteiger partial charge in [-0.25, -0.2) is 9.69 Å². The van der Waals surface area contributed by atoms with Crippen molar-refractivity contribution < 1.29 is 14.3 Å². The summed E-state index contributed by atoms with van der Waals surface area (Å²) in [7, 11) is 1.61. The Morgan fingerprint density at radius 3 is 3.00 bits per heavy atom. The van der Waals surface area contributed by atoms with Crippen LogP contribution in [0.15, 0.2) is 0 Å². The highest BCUT2D eigenvalue weighted by Crippen LogP contribution is 2.20. The smallest absolute Gasteiger partial charge is 0.329 e. The van der Waals surface area contributed by atoms with Crippen molar-refractivity contribution in [2.45, 2.75) is 19.6 Å². The quantitative estimate of drug-likeness (QED) is 0.704. The van der Waals surface area contributed by atoms with Gasteiger partial charge < -0.3 is 9.64 Å². The average Bonchev–Trinajstić information content (AvgIpc) is 2.89. The highest BCUT2D eigenvalue weighted by Gasteiger charge is 2.40. The van der Waals surface area contributed by atoms with Gasteiger partial charge in [-0.3, -0.25) is 4.79 Å². The molecular weight excluding hydrogens is 228 g/mol. The first-order valence-corrected chi connectivity index (χ1v) is 5.10. The number of aromatic nitrogens is 4. The molecule has 0 radical (unpaired) electrons. The molecule has 2 heterocycles. The molecule has 0 aromatic carbocycles. The van der Waals surface area contributed by atoms with E-state index in [0.29, 0.717) is 0 Å². The molecule has 1 aliphatic rings. The van der Waals surface area contributed by atoms with Gasteiger partial charge in [0.2, 0.25) is 6.23 Å². The molecule has 9 heteroatoms. The molecule has 1 atom stereocenters. The number of esters is 1. The van der Waals surface area contributed by atoms with Gasteiger partial charge in [-0.15, -0.1) is 5.10 Å². The Morgan fingerprint density at radius 2 is 2.41 bits per heavy atom. The molecule has 1 unspecified atom stereocenters. The van der Waals surface area contributed by atoms with E-state index in [1.807, 2.05) is 0 Å². The van der Waals surface area contributed by atoms with E-state index in [2.05, 4.69) is 20.6 Å². The number of hydrogen-bond donors (Lipinski definition) is 1. The summed E-state index contributed by atoms with van der Waals surface area (Å²) >= 11 is 0. The van der Waals surface area contributed by atoms with Crippen molar-refractivity contribution in [2.75, 3.05) is 18.5 Å². The minimum absolute atomic E-state index is 0.0910. The van der Waals surface area contributed by atoms with Crippen LogP contribution in [0.3, 0.4) is 0 Å². The highest BCUT2D eigenvalue weighted by atomic mass is 16.6. The number of ether oxygens (including phenoxy) is 1. The number of hydrogen-bond acceptors (Lipinski definition) is 6. The molecule has 0 saturated carbocycles. The zero-order valence-electron chi connectivity index (χ0n) is 9.45. The first kappa shape index (κ1) is 11.3. The second-order valence-electron chi connectivity index (χ2n) is 3.54. The third kappa shape index (κ3) is 2.03. The Kier molecular flexibility index (Phi) is 2.90. The van der Waals surface area contributed by atoms with Gasteiger partial charge in [0, 0.05) is 13.5 Å². The number of likely N-dealkylation sites (N-methyl/N-ethyl adjacent to an activating group) is 1. The summed E-state index contributed by atoms with van der Waals surface area (Å²) in [5.41, 5.74) is 0. The van der Waals surface area contributed by atoms with Crippen LogP contribution in [0.25, 0.3) is 0 Å². The van der Waals surface area contributed by atoms with Gasteiger partial charge in [-0.2, -0.15) is 5.21 Å². The van der Waals surface area contributed by atoms with Crippen LogP contribution in [0.4, 0.5) is 10.7 Å². The third-order valence-corrected chi connectivity index (χ3v) is 2.36. The molecular formula is C8H12N6O3. The van der Waals surface area contributed by atoms with E-state index < -0.39 is 6.23 Å². The van der Waals surface area contributed by atoms with Crippen LogP contribution in [0.2, 0.25) is 0 Å².